The third-order valence-corrected chi connectivity index (χ3v) is 4.10. The molecule has 150 valence electrons. The van der Waals surface area contributed by atoms with E-state index in [-0.39, 0.29) is 19.8 Å². The van der Waals surface area contributed by atoms with Crippen molar-refractivity contribution < 1.29 is 23.7 Å². The molecule has 0 spiro atoms. The van der Waals surface area contributed by atoms with Gasteiger partial charge in [0.1, 0.15) is 11.8 Å². The average molecular weight is 378 g/mol. The molecule has 0 bridgehead atoms. The standard InChI is InChI=1S/C20H30N2O5/c1-6-25-19(23)20(26-7-2,27-8-3)15(4)13-17(14-21)22-16-9-11-18(24-5)12-10-16/h9-12,15,17,22H,6-8,13H2,1-5H3/t15-,17+/m0/s1. The summed E-state index contributed by atoms with van der Waals surface area (Å²) < 4.78 is 21.8. The summed E-state index contributed by atoms with van der Waals surface area (Å²) in [6.07, 6.45) is 0.335. The highest BCUT2D eigenvalue weighted by molar-refractivity contribution is 5.78. The van der Waals surface area contributed by atoms with Gasteiger partial charge in [-0.3, -0.25) is 0 Å². The maximum Gasteiger partial charge on any atom is 0.367 e. The zero-order valence-electron chi connectivity index (χ0n) is 16.8. The quantitative estimate of drug-likeness (QED) is 0.440. The molecule has 0 unspecified atom stereocenters. The summed E-state index contributed by atoms with van der Waals surface area (Å²) >= 11 is 0. The van der Waals surface area contributed by atoms with Gasteiger partial charge in [0, 0.05) is 24.8 Å². The van der Waals surface area contributed by atoms with Gasteiger partial charge in [-0.25, -0.2) is 4.79 Å². The lowest BCUT2D eigenvalue weighted by Crippen LogP contribution is -2.52. The van der Waals surface area contributed by atoms with Crippen molar-refractivity contribution in [2.24, 2.45) is 5.92 Å². The molecule has 2 atom stereocenters. The highest BCUT2D eigenvalue weighted by Crippen LogP contribution is 2.30. The minimum atomic E-state index is -1.53. The van der Waals surface area contributed by atoms with Gasteiger partial charge in [-0.1, -0.05) is 6.92 Å². The van der Waals surface area contributed by atoms with E-state index in [0.29, 0.717) is 6.42 Å². The molecule has 1 aromatic carbocycles. The van der Waals surface area contributed by atoms with Crippen LogP contribution < -0.4 is 10.1 Å². The fourth-order valence-corrected chi connectivity index (χ4v) is 2.85. The van der Waals surface area contributed by atoms with E-state index in [9.17, 15) is 10.1 Å². The minimum absolute atomic E-state index is 0.221. The monoisotopic (exact) mass is 378 g/mol. The molecule has 1 rings (SSSR count). The van der Waals surface area contributed by atoms with E-state index in [1.807, 2.05) is 31.2 Å². The molecule has 1 aromatic rings. The molecule has 0 saturated carbocycles. The van der Waals surface area contributed by atoms with Crippen molar-refractivity contribution in [1.82, 2.24) is 0 Å². The normalized spacial score (nSPS) is 13.3. The summed E-state index contributed by atoms with van der Waals surface area (Å²) in [5.41, 5.74) is 0.782. The average Bonchev–Trinajstić information content (AvgIpc) is 2.67. The number of nitriles is 1. The highest BCUT2D eigenvalue weighted by atomic mass is 16.7. The molecule has 0 aliphatic rings. The maximum absolute atomic E-state index is 12.6. The van der Waals surface area contributed by atoms with Crippen LogP contribution in [-0.2, 0) is 19.0 Å². The van der Waals surface area contributed by atoms with E-state index in [0.717, 1.165) is 11.4 Å². The molecular formula is C20H30N2O5. The molecule has 0 saturated heterocycles. The SMILES string of the molecule is CCOC(=O)C(OCC)(OCC)[C@@H](C)C[C@H](C#N)Nc1ccc(OC)cc1. The Kier molecular flexibility index (Phi) is 9.62. The van der Waals surface area contributed by atoms with Crippen LogP contribution in [0.5, 0.6) is 5.75 Å². The van der Waals surface area contributed by atoms with Crippen molar-refractivity contribution in [3.8, 4) is 11.8 Å². The van der Waals surface area contributed by atoms with Crippen LogP contribution in [0.25, 0.3) is 0 Å². The lowest BCUT2D eigenvalue weighted by Gasteiger charge is -2.36. The number of carbonyl (C=O) groups is 1. The topological polar surface area (TPSA) is 89.8 Å². The van der Waals surface area contributed by atoms with Crippen LogP contribution >= 0.6 is 0 Å². The van der Waals surface area contributed by atoms with Crippen molar-refractivity contribution in [2.45, 2.75) is 45.9 Å². The van der Waals surface area contributed by atoms with Gasteiger partial charge in [0.15, 0.2) is 0 Å². The fourth-order valence-electron chi connectivity index (χ4n) is 2.85. The first-order valence-electron chi connectivity index (χ1n) is 9.22. The number of esters is 1. The van der Waals surface area contributed by atoms with Crippen LogP contribution in [0.15, 0.2) is 24.3 Å². The van der Waals surface area contributed by atoms with Crippen LogP contribution in [0.2, 0.25) is 0 Å². The van der Waals surface area contributed by atoms with Crippen molar-refractivity contribution in [1.29, 1.82) is 5.26 Å². The van der Waals surface area contributed by atoms with Gasteiger partial charge in [-0.15, -0.1) is 0 Å². The summed E-state index contributed by atoms with van der Waals surface area (Å²) in [5.74, 6) is -1.78. The molecule has 0 aliphatic carbocycles. The first-order valence-corrected chi connectivity index (χ1v) is 9.22. The smallest absolute Gasteiger partial charge is 0.367 e. The second kappa shape index (κ2) is 11.4. The fraction of sp³-hybridized carbons (Fsp3) is 0.600. The van der Waals surface area contributed by atoms with Gasteiger partial charge in [0.2, 0.25) is 0 Å². The second-order valence-corrected chi connectivity index (χ2v) is 5.95. The summed E-state index contributed by atoms with van der Waals surface area (Å²) in [6, 6.07) is 8.97. The molecule has 1 N–H and O–H groups in total. The molecule has 0 aliphatic heterocycles. The van der Waals surface area contributed by atoms with Gasteiger partial charge in [-0.05, 0) is 51.5 Å². The van der Waals surface area contributed by atoms with Crippen LogP contribution in [0.1, 0.15) is 34.1 Å². The Morgan fingerprint density at radius 3 is 2.19 bits per heavy atom. The number of nitrogens with one attached hydrogen (secondary N) is 1. The molecule has 7 heteroatoms. The van der Waals surface area contributed by atoms with E-state index in [4.69, 9.17) is 18.9 Å². The molecule has 7 nitrogen and oxygen atoms in total. The van der Waals surface area contributed by atoms with Crippen LogP contribution in [0, 0.1) is 17.2 Å². The van der Waals surface area contributed by atoms with E-state index < -0.39 is 23.7 Å². The summed E-state index contributed by atoms with van der Waals surface area (Å²) in [5, 5.41) is 12.7. The Morgan fingerprint density at radius 2 is 1.74 bits per heavy atom. The lowest BCUT2D eigenvalue weighted by molar-refractivity contribution is -0.265. The summed E-state index contributed by atoms with van der Waals surface area (Å²) in [4.78, 5) is 12.6. The number of hydrogen-bond acceptors (Lipinski definition) is 7. The van der Waals surface area contributed by atoms with Crippen molar-refractivity contribution in [3.05, 3.63) is 24.3 Å². The molecule has 0 radical (unpaired) electrons. The Hall–Kier alpha value is -2.30. The van der Waals surface area contributed by atoms with Crippen molar-refractivity contribution in [3.63, 3.8) is 0 Å². The zero-order valence-corrected chi connectivity index (χ0v) is 16.8. The first-order chi connectivity index (χ1) is 13.0. The van der Waals surface area contributed by atoms with Gasteiger partial charge < -0.3 is 24.3 Å². The van der Waals surface area contributed by atoms with Gasteiger partial charge in [0.05, 0.1) is 19.8 Å². The molecular weight excluding hydrogens is 348 g/mol. The minimum Gasteiger partial charge on any atom is -0.497 e. The maximum atomic E-state index is 12.6. The highest BCUT2D eigenvalue weighted by Gasteiger charge is 2.48. The summed E-state index contributed by atoms with van der Waals surface area (Å²) in [6.45, 7) is 7.92. The Labute approximate surface area is 161 Å². The predicted octanol–water partition coefficient (Wildman–Crippen LogP) is 3.36. The molecule has 0 amide bonds. The van der Waals surface area contributed by atoms with Crippen LogP contribution in [0.4, 0.5) is 5.69 Å². The first kappa shape index (κ1) is 22.7. The zero-order chi connectivity index (χ0) is 20.3. The number of methoxy groups -OCH3 is 1. The molecule has 27 heavy (non-hydrogen) atoms. The summed E-state index contributed by atoms with van der Waals surface area (Å²) in [7, 11) is 1.60. The molecule has 0 aromatic heterocycles. The van der Waals surface area contributed by atoms with E-state index in [2.05, 4.69) is 11.4 Å². The number of benzene rings is 1. The largest absolute Gasteiger partial charge is 0.497 e. The predicted molar refractivity (Wildman–Crippen MR) is 102 cm³/mol. The Bertz CT molecular complexity index is 606. The van der Waals surface area contributed by atoms with Gasteiger partial charge in [0.25, 0.3) is 5.79 Å². The van der Waals surface area contributed by atoms with Crippen LogP contribution in [0.3, 0.4) is 0 Å². The van der Waals surface area contributed by atoms with Crippen LogP contribution in [-0.4, -0.2) is 44.7 Å². The van der Waals surface area contributed by atoms with E-state index in [1.54, 1.807) is 27.9 Å². The molecule has 0 fully saturated rings. The lowest BCUT2D eigenvalue weighted by atomic mass is 9.92. The number of nitrogens with zero attached hydrogens (tertiary/aromatic N) is 1. The van der Waals surface area contributed by atoms with Gasteiger partial charge >= 0.3 is 5.97 Å². The van der Waals surface area contributed by atoms with E-state index >= 15 is 0 Å². The number of carbonyl (C=O) groups excluding carboxylic acids is 1. The number of rotatable bonds is 12. The second-order valence-electron chi connectivity index (χ2n) is 5.95. The Morgan fingerprint density at radius 1 is 1.15 bits per heavy atom. The number of ether oxygens (including phenoxy) is 4. The van der Waals surface area contributed by atoms with Crippen molar-refractivity contribution in [2.75, 3.05) is 32.2 Å². The number of anilines is 1. The number of hydrogen-bond donors (Lipinski definition) is 1. The Balaban J connectivity index is 2.96. The van der Waals surface area contributed by atoms with E-state index in [1.165, 1.54) is 0 Å². The van der Waals surface area contributed by atoms with Crippen molar-refractivity contribution >= 4 is 11.7 Å². The third kappa shape index (κ3) is 6.12. The third-order valence-electron chi connectivity index (χ3n) is 4.10. The van der Waals surface area contributed by atoms with Gasteiger partial charge in [-0.2, -0.15) is 5.26 Å². The molecule has 0 heterocycles.